The number of nitriles is 1. The minimum absolute atomic E-state index is 0.402. The predicted molar refractivity (Wildman–Crippen MR) is 64.2 cm³/mol. The van der Waals surface area contributed by atoms with E-state index in [-0.39, 0.29) is 0 Å². The van der Waals surface area contributed by atoms with E-state index >= 15 is 0 Å². The number of aromatic nitrogens is 1. The van der Waals surface area contributed by atoms with Crippen LogP contribution in [0.15, 0.2) is 18.3 Å². The van der Waals surface area contributed by atoms with E-state index in [0.717, 1.165) is 31.4 Å². The van der Waals surface area contributed by atoms with Crippen LogP contribution in [-0.2, 0) is 11.3 Å². The van der Waals surface area contributed by atoms with Crippen LogP contribution in [0, 0.1) is 11.3 Å². The molecule has 1 aromatic rings. The fourth-order valence-corrected chi connectivity index (χ4v) is 2.25. The third-order valence-corrected chi connectivity index (χ3v) is 3.25. The molecule has 1 heterocycles. The number of nitrogens with zero attached hydrogens (tertiary/aromatic N) is 2. The second-order valence-corrected chi connectivity index (χ2v) is 4.41. The molecular weight excluding hydrogens is 214 g/mol. The smallest absolute Gasteiger partial charge is 0.140 e. The molecule has 1 aliphatic carbocycles. The van der Waals surface area contributed by atoms with Crippen LogP contribution >= 0.6 is 0 Å². The minimum atomic E-state index is 0.402. The molecule has 0 bridgehead atoms. The molecule has 2 atom stereocenters. The lowest BCUT2D eigenvalue weighted by Crippen LogP contribution is -2.26. The third kappa shape index (κ3) is 3.26. The van der Waals surface area contributed by atoms with Gasteiger partial charge in [-0.05, 0) is 37.0 Å². The quantitative estimate of drug-likeness (QED) is 0.855. The van der Waals surface area contributed by atoms with Gasteiger partial charge in [-0.2, -0.15) is 5.26 Å². The average Bonchev–Trinajstić information content (AvgIpc) is 2.84. The van der Waals surface area contributed by atoms with Gasteiger partial charge < -0.3 is 10.1 Å². The molecule has 17 heavy (non-hydrogen) atoms. The first-order chi connectivity index (χ1) is 8.31. The molecule has 4 heteroatoms. The Morgan fingerprint density at radius 2 is 2.47 bits per heavy atom. The number of rotatable bonds is 4. The Hall–Kier alpha value is -1.44. The Balaban J connectivity index is 1.84. The molecule has 0 spiro atoms. The van der Waals surface area contributed by atoms with Crippen LogP contribution < -0.4 is 5.32 Å². The normalized spacial score (nSPS) is 23.5. The van der Waals surface area contributed by atoms with Gasteiger partial charge in [-0.3, -0.25) is 0 Å². The summed E-state index contributed by atoms with van der Waals surface area (Å²) >= 11 is 0. The molecular formula is C13H17N3O. The van der Waals surface area contributed by atoms with E-state index in [0.29, 0.717) is 17.8 Å². The van der Waals surface area contributed by atoms with Gasteiger partial charge in [0.05, 0.1) is 6.10 Å². The fourth-order valence-electron chi connectivity index (χ4n) is 2.25. The topological polar surface area (TPSA) is 57.9 Å². The highest BCUT2D eigenvalue weighted by atomic mass is 16.5. The molecule has 0 radical (unpaired) electrons. The zero-order valence-corrected chi connectivity index (χ0v) is 10.0. The largest absolute Gasteiger partial charge is 0.381 e. The minimum Gasteiger partial charge on any atom is -0.381 e. The average molecular weight is 231 g/mol. The van der Waals surface area contributed by atoms with Crippen LogP contribution in [0.2, 0.25) is 0 Å². The second kappa shape index (κ2) is 5.76. The number of nitrogens with one attached hydrogen (secondary N) is 1. The molecule has 0 amide bonds. The van der Waals surface area contributed by atoms with Crippen molar-refractivity contribution in [3.63, 3.8) is 0 Å². The fraction of sp³-hybridized carbons (Fsp3) is 0.538. The van der Waals surface area contributed by atoms with E-state index in [1.807, 2.05) is 12.1 Å². The maximum atomic E-state index is 8.76. The van der Waals surface area contributed by atoms with Crippen molar-refractivity contribution in [3.05, 3.63) is 29.6 Å². The van der Waals surface area contributed by atoms with Gasteiger partial charge in [0.1, 0.15) is 11.8 Å². The number of methoxy groups -OCH3 is 1. The number of hydrogen-bond donors (Lipinski definition) is 1. The molecule has 1 fully saturated rings. The molecule has 0 aliphatic heterocycles. The van der Waals surface area contributed by atoms with Gasteiger partial charge in [-0.25, -0.2) is 4.98 Å². The summed E-state index contributed by atoms with van der Waals surface area (Å²) in [7, 11) is 1.77. The summed E-state index contributed by atoms with van der Waals surface area (Å²) in [6.45, 7) is 0.790. The third-order valence-electron chi connectivity index (χ3n) is 3.25. The van der Waals surface area contributed by atoms with Crippen molar-refractivity contribution in [1.82, 2.24) is 10.3 Å². The molecule has 2 unspecified atom stereocenters. The highest BCUT2D eigenvalue weighted by Crippen LogP contribution is 2.21. The van der Waals surface area contributed by atoms with Gasteiger partial charge in [0.2, 0.25) is 0 Å². The van der Waals surface area contributed by atoms with Crippen molar-refractivity contribution >= 4 is 0 Å². The molecule has 1 aliphatic rings. The lowest BCUT2D eigenvalue weighted by Gasteiger charge is -2.12. The van der Waals surface area contributed by atoms with Crippen molar-refractivity contribution in [2.24, 2.45) is 0 Å². The molecule has 1 aromatic heterocycles. The lowest BCUT2D eigenvalue weighted by molar-refractivity contribution is 0.107. The Bertz CT molecular complexity index is 413. The molecule has 1 N–H and O–H groups in total. The molecule has 2 rings (SSSR count). The zero-order valence-electron chi connectivity index (χ0n) is 10.0. The van der Waals surface area contributed by atoms with Crippen molar-refractivity contribution in [3.8, 4) is 6.07 Å². The molecule has 90 valence electrons. The summed E-state index contributed by atoms with van der Waals surface area (Å²) in [5.74, 6) is 0. The van der Waals surface area contributed by atoms with Gasteiger partial charge in [0.15, 0.2) is 0 Å². The molecule has 1 saturated carbocycles. The Labute approximate surface area is 102 Å². The van der Waals surface area contributed by atoms with E-state index in [4.69, 9.17) is 10.00 Å². The highest BCUT2D eigenvalue weighted by Gasteiger charge is 2.23. The summed E-state index contributed by atoms with van der Waals surface area (Å²) in [4.78, 5) is 3.95. The van der Waals surface area contributed by atoms with Crippen LogP contribution in [0.25, 0.3) is 0 Å². The van der Waals surface area contributed by atoms with E-state index in [2.05, 4.69) is 16.4 Å². The maximum Gasteiger partial charge on any atom is 0.140 e. The summed E-state index contributed by atoms with van der Waals surface area (Å²) in [5, 5.41) is 12.3. The Morgan fingerprint density at radius 3 is 3.18 bits per heavy atom. The van der Waals surface area contributed by atoms with Gasteiger partial charge in [-0.15, -0.1) is 0 Å². The highest BCUT2D eigenvalue weighted by molar-refractivity contribution is 5.25. The van der Waals surface area contributed by atoms with Gasteiger partial charge in [0.25, 0.3) is 0 Å². The maximum absolute atomic E-state index is 8.76. The number of hydrogen-bond acceptors (Lipinski definition) is 4. The summed E-state index contributed by atoms with van der Waals surface area (Å²) < 4.78 is 5.34. The van der Waals surface area contributed by atoms with Gasteiger partial charge in [-0.1, -0.05) is 0 Å². The van der Waals surface area contributed by atoms with E-state index < -0.39 is 0 Å². The molecule has 0 saturated heterocycles. The van der Waals surface area contributed by atoms with Gasteiger partial charge in [0, 0.05) is 25.9 Å². The van der Waals surface area contributed by atoms with Crippen LogP contribution in [0.1, 0.15) is 30.5 Å². The van der Waals surface area contributed by atoms with Crippen molar-refractivity contribution in [2.45, 2.75) is 38.0 Å². The summed E-state index contributed by atoms with van der Waals surface area (Å²) in [6.07, 6.45) is 5.46. The Kier molecular flexibility index (Phi) is 4.08. The standard InChI is InChI=1S/C13H17N3O/c1-17-13-3-2-11(7-13)16-9-10-4-5-15-12(6-10)8-14/h4-6,11,13,16H,2-3,7,9H2,1H3. The van der Waals surface area contributed by atoms with Crippen molar-refractivity contribution in [2.75, 3.05) is 7.11 Å². The van der Waals surface area contributed by atoms with Crippen molar-refractivity contribution < 1.29 is 4.74 Å². The van der Waals surface area contributed by atoms with E-state index in [9.17, 15) is 0 Å². The SMILES string of the molecule is COC1CCC(NCc2ccnc(C#N)c2)C1. The number of pyridine rings is 1. The molecule has 4 nitrogen and oxygen atoms in total. The predicted octanol–water partition coefficient (Wildman–Crippen LogP) is 1.61. The summed E-state index contributed by atoms with van der Waals surface area (Å²) in [6, 6.07) is 6.35. The zero-order chi connectivity index (χ0) is 12.1. The first kappa shape index (κ1) is 12.0. The Morgan fingerprint density at radius 1 is 1.59 bits per heavy atom. The van der Waals surface area contributed by atoms with Crippen molar-refractivity contribution in [1.29, 1.82) is 5.26 Å². The number of ether oxygens (including phenoxy) is 1. The van der Waals surface area contributed by atoms with E-state index in [1.54, 1.807) is 13.3 Å². The van der Waals surface area contributed by atoms with Crippen LogP contribution in [0.5, 0.6) is 0 Å². The van der Waals surface area contributed by atoms with Crippen LogP contribution in [0.4, 0.5) is 0 Å². The first-order valence-corrected chi connectivity index (χ1v) is 5.93. The summed E-state index contributed by atoms with van der Waals surface area (Å²) in [5.41, 5.74) is 1.59. The lowest BCUT2D eigenvalue weighted by atomic mass is 10.2. The van der Waals surface area contributed by atoms with E-state index in [1.165, 1.54) is 0 Å². The monoisotopic (exact) mass is 231 g/mol. The first-order valence-electron chi connectivity index (χ1n) is 5.93. The van der Waals surface area contributed by atoms with Gasteiger partial charge >= 0.3 is 0 Å². The molecule has 0 aromatic carbocycles. The second-order valence-electron chi connectivity index (χ2n) is 4.41. The van der Waals surface area contributed by atoms with Crippen LogP contribution in [-0.4, -0.2) is 24.2 Å². The van der Waals surface area contributed by atoms with Crippen LogP contribution in [0.3, 0.4) is 0 Å².